The summed E-state index contributed by atoms with van der Waals surface area (Å²) in [5.41, 5.74) is 6.12. The SMILES string of the molecule is NCC1CCCC1C(=O)Nc1cc(Cl)cc(C(=O)O)c1. The number of halogens is 1. The van der Waals surface area contributed by atoms with E-state index in [2.05, 4.69) is 5.32 Å². The van der Waals surface area contributed by atoms with E-state index in [1.54, 1.807) is 0 Å². The number of aromatic carboxylic acids is 1. The Morgan fingerprint density at radius 3 is 2.75 bits per heavy atom. The maximum atomic E-state index is 12.2. The van der Waals surface area contributed by atoms with E-state index in [-0.39, 0.29) is 28.3 Å². The summed E-state index contributed by atoms with van der Waals surface area (Å²) in [4.78, 5) is 23.2. The molecule has 0 bridgehead atoms. The third-order valence-corrected chi connectivity index (χ3v) is 3.93. The van der Waals surface area contributed by atoms with Crippen LogP contribution >= 0.6 is 11.6 Å². The largest absolute Gasteiger partial charge is 0.478 e. The first-order chi connectivity index (χ1) is 9.51. The van der Waals surface area contributed by atoms with Gasteiger partial charge in [-0.1, -0.05) is 18.0 Å². The Hall–Kier alpha value is -1.59. The predicted octanol–water partition coefficient (Wildman–Crippen LogP) is 2.35. The van der Waals surface area contributed by atoms with E-state index >= 15 is 0 Å². The molecule has 0 aliphatic heterocycles. The monoisotopic (exact) mass is 296 g/mol. The molecule has 1 aromatic carbocycles. The highest BCUT2D eigenvalue weighted by atomic mass is 35.5. The molecular formula is C14H17ClN2O3. The van der Waals surface area contributed by atoms with Gasteiger partial charge in [0.15, 0.2) is 0 Å². The molecule has 1 amide bonds. The third-order valence-electron chi connectivity index (χ3n) is 3.71. The van der Waals surface area contributed by atoms with Gasteiger partial charge in [-0.3, -0.25) is 4.79 Å². The lowest BCUT2D eigenvalue weighted by Gasteiger charge is -2.17. The summed E-state index contributed by atoms with van der Waals surface area (Å²) in [7, 11) is 0. The first kappa shape index (κ1) is 14.8. The third kappa shape index (κ3) is 3.29. The van der Waals surface area contributed by atoms with Gasteiger partial charge < -0.3 is 16.2 Å². The van der Waals surface area contributed by atoms with E-state index in [1.807, 2.05) is 0 Å². The van der Waals surface area contributed by atoms with Crippen molar-refractivity contribution in [3.05, 3.63) is 28.8 Å². The van der Waals surface area contributed by atoms with E-state index < -0.39 is 5.97 Å². The lowest BCUT2D eigenvalue weighted by Crippen LogP contribution is -2.29. The molecule has 1 fully saturated rings. The van der Waals surface area contributed by atoms with Gasteiger partial charge in [0.05, 0.1) is 5.56 Å². The molecule has 0 radical (unpaired) electrons. The average molecular weight is 297 g/mol. The molecule has 1 aromatic rings. The number of carbonyl (C=O) groups is 2. The molecule has 4 N–H and O–H groups in total. The maximum absolute atomic E-state index is 12.2. The summed E-state index contributed by atoms with van der Waals surface area (Å²) >= 11 is 5.86. The summed E-state index contributed by atoms with van der Waals surface area (Å²) in [6.45, 7) is 0.494. The summed E-state index contributed by atoms with van der Waals surface area (Å²) in [5, 5.41) is 12.0. The van der Waals surface area contributed by atoms with E-state index in [9.17, 15) is 9.59 Å². The average Bonchev–Trinajstić information content (AvgIpc) is 2.86. The van der Waals surface area contributed by atoms with Crippen LogP contribution in [-0.4, -0.2) is 23.5 Å². The molecule has 2 unspecified atom stereocenters. The standard InChI is InChI=1S/C14H17ClN2O3/c15-10-4-9(14(19)20)5-11(6-10)17-13(18)12-3-1-2-8(12)7-16/h4-6,8,12H,1-3,7,16H2,(H,17,18)(H,19,20). The Bertz CT molecular complexity index is 533. The molecule has 5 nitrogen and oxygen atoms in total. The van der Waals surface area contributed by atoms with Crippen molar-refractivity contribution < 1.29 is 14.7 Å². The van der Waals surface area contributed by atoms with Crippen LogP contribution < -0.4 is 11.1 Å². The Balaban J connectivity index is 2.13. The van der Waals surface area contributed by atoms with Gasteiger partial charge in [0, 0.05) is 16.6 Å². The van der Waals surface area contributed by atoms with Crippen molar-refractivity contribution in [1.82, 2.24) is 0 Å². The zero-order valence-electron chi connectivity index (χ0n) is 10.9. The number of hydrogen-bond donors (Lipinski definition) is 3. The van der Waals surface area contributed by atoms with Crippen molar-refractivity contribution >= 4 is 29.2 Å². The Labute approximate surface area is 122 Å². The van der Waals surface area contributed by atoms with Crippen LogP contribution in [0.1, 0.15) is 29.6 Å². The summed E-state index contributed by atoms with van der Waals surface area (Å²) in [6.07, 6.45) is 2.78. The van der Waals surface area contributed by atoms with Crippen LogP contribution in [0.4, 0.5) is 5.69 Å². The van der Waals surface area contributed by atoms with Gasteiger partial charge in [-0.25, -0.2) is 4.79 Å². The van der Waals surface area contributed by atoms with Crippen LogP contribution in [0.15, 0.2) is 18.2 Å². The number of nitrogens with two attached hydrogens (primary N) is 1. The van der Waals surface area contributed by atoms with Gasteiger partial charge in [0.2, 0.25) is 5.91 Å². The summed E-state index contributed by atoms with van der Waals surface area (Å²) in [6, 6.07) is 4.29. The van der Waals surface area contributed by atoms with Crippen molar-refractivity contribution in [3.8, 4) is 0 Å². The lowest BCUT2D eigenvalue weighted by atomic mass is 9.95. The quantitative estimate of drug-likeness (QED) is 0.795. The highest BCUT2D eigenvalue weighted by Gasteiger charge is 2.31. The van der Waals surface area contributed by atoms with Gasteiger partial charge in [0.1, 0.15) is 0 Å². The highest BCUT2D eigenvalue weighted by molar-refractivity contribution is 6.31. The fourth-order valence-corrected chi connectivity index (χ4v) is 2.92. The number of rotatable bonds is 4. The number of carboxylic acid groups (broad SMARTS) is 1. The number of nitrogens with one attached hydrogen (secondary N) is 1. The van der Waals surface area contributed by atoms with E-state index in [0.29, 0.717) is 12.2 Å². The minimum absolute atomic E-state index is 0.0506. The van der Waals surface area contributed by atoms with Crippen molar-refractivity contribution in [2.45, 2.75) is 19.3 Å². The van der Waals surface area contributed by atoms with Gasteiger partial charge in [-0.2, -0.15) is 0 Å². The molecule has 1 saturated carbocycles. The van der Waals surface area contributed by atoms with Crippen molar-refractivity contribution in [1.29, 1.82) is 0 Å². The number of hydrogen-bond acceptors (Lipinski definition) is 3. The summed E-state index contributed by atoms with van der Waals surface area (Å²) in [5.74, 6) is -1.10. The molecule has 0 aromatic heterocycles. The molecule has 0 heterocycles. The second-order valence-corrected chi connectivity index (χ2v) is 5.49. The topological polar surface area (TPSA) is 92.4 Å². The minimum Gasteiger partial charge on any atom is -0.478 e. The molecular weight excluding hydrogens is 280 g/mol. The number of benzene rings is 1. The molecule has 20 heavy (non-hydrogen) atoms. The van der Waals surface area contributed by atoms with Crippen molar-refractivity contribution in [2.24, 2.45) is 17.6 Å². The number of anilines is 1. The van der Waals surface area contributed by atoms with Crippen LogP contribution in [0, 0.1) is 11.8 Å². The van der Waals surface area contributed by atoms with E-state index in [0.717, 1.165) is 19.3 Å². The Kier molecular flexibility index (Phi) is 4.62. The molecule has 6 heteroatoms. The van der Waals surface area contributed by atoms with Crippen LogP contribution in [0.3, 0.4) is 0 Å². The molecule has 0 saturated heterocycles. The van der Waals surface area contributed by atoms with E-state index in [1.165, 1.54) is 18.2 Å². The molecule has 2 atom stereocenters. The second kappa shape index (κ2) is 6.24. The Morgan fingerprint density at radius 2 is 2.10 bits per heavy atom. The normalized spacial score (nSPS) is 21.7. The van der Waals surface area contributed by atoms with Crippen LogP contribution in [0.5, 0.6) is 0 Å². The van der Waals surface area contributed by atoms with Crippen LogP contribution in [-0.2, 0) is 4.79 Å². The zero-order valence-corrected chi connectivity index (χ0v) is 11.7. The first-order valence-corrected chi connectivity index (χ1v) is 6.94. The van der Waals surface area contributed by atoms with Gasteiger partial charge >= 0.3 is 5.97 Å². The Morgan fingerprint density at radius 1 is 1.35 bits per heavy atom. The van der Waals surface area contributed by atoms with Gasteiger partial charge in [0.25, 0.3) is 0 Å². The maximum Gasteiger partial charge on any atom is 0.335 e. The predicted molar refractivity (Wildman–Crippen MR) is 76.9 cm³/mol. The fourth-order valence-electron chi connectivity index (χ4n) is 2.68. The number of carboxylic acids is 1. The van der Waals surface area contributed by atoms with Gasteiger partial charge in [-0.15, -0.1) is 0 Å². The van der Waals surface area contributed by atoms with Crippen molar-refractivity contribution in [2.75, 3.05) is 11.9 Å². The molecule has 108 valence electrons. The van der Waals surface area contributed by atoms with Gasteiger partial charge in [-0.05, 0) is 43.5 Å². The van der Waals surface area contributed by atoms with Crippen LogP contribution in [0.2, 0.25) is 5.02 Å². The minimum atomic E-state index is -1.08. The molecule has 1 aliphatic rings. The molecule has 0 spiro atoms. The summed E-state index contributed by atoms with van der Waals surface area (Å²) < 4.78 is 0. The van der Waals surface area contributed by atoms with E-state index in [4.69, 9.17) is 22.4 Å². The molecule has 2 rings (SSSR count). The highest BCUT2D eigenvalue weighted by Crippen LogP contribution is 2.32. The zero-order chi connectivity index (χ0) is 14.7. The smallest absolute Gasteiger partial charge is 0.335 e. The second-order valence-electron chi connectivity index (χ2n) is 5.06. The van der Waals surface area contributed by atoms with Crippen molar-refractivity contribution in [3.63, 3.8) is 0 Å². The molecule has 1 aliphatic carbocycles. The number of carbonyl (C=O) groups excluding carboxylic acids is 1. The fraction of sp³-hybridized carbons (Fsp3) is 0.429. The van der Waals surface area contributed by atoms with Crippen LogP contribution in [0.25, 0.3) is 0 Å². The first-order valence-electron chi connectivity index (χ1n) is 6.56. The number of amides is 1. The lowest BCUT2D eigenvalue weighted by molar-refractivity contribution is -0.120.